The average molecular weight is 475 g/mol. The molecular formula is C26H34O8. The van der Waals surface area contributed by atoms with Crippen molar-refractivity contribution in [2.24, 2.45) is 11.3 Å². The summed E-state index contributed by atoms with van der Waals surface area (Å²) in [7, 11) is 0. The van der Waals surface area contributed by atoms with E-state index in [1.165, 1.54) is 20.8 Å². The van der Waals surface area contributed by atoms with Crippen LogP contribution >= 0.6 is 0 Å². The third-order valence-electron chi connectivity index (χ3n) is 7.32. The lowest BCUT2D eigenvalue weighted by Gasteiger charge is -2.50. The van der Waals surface area contributed by atoms with E-state index < -0.39 is 41.6 Å². The molecule has 0 N–H and O–H groups in total. The van der Waals surface area contributed by atoms with Gasteiger partial charge in [-0.2, -0.15) is 0 Å². The Kier molecular flexibility index (Phi) is 7.68. The van der Waals surface area contributed by atoms with Crippen molar-refractivity contribution >= 4 is 23.9 Å². The molecule has 34 heavy (non-hydrogen) atoms. The summed E-state index contributed by atoms with van der Waals surface area (Å²) in [6.45, 7) is 9.88. The van der Waals surface area contributed by atoms with E-state index in [-0.39, 0.29) is 18.5 Å². The van der Waals surface area contributed by atoms with Gasteiger partial charge in [-0.25, -0.2) is 4.79 Å². The minimum absolute atomic E-state index is 0.0505. The predicted molar refractivity (Wildman–Crippen MR) is 122 cm³/mol. The third kappa shape index (κ3) is 5.26. The Morgan fingerprint density at radius 3 is 2.32 bits per heavy atom. The molecule has 0 aromatic carbocycles. The summed E-state index contributed by atoms with van der Waals surface area (Å²) >= 11 is 0. The number of hydrogen-bond donors (Lipinski definition) is 0. The third-order valence-corrected chi connectivity index (χ3v) is 7.32. The number of rotatable bonds is 4. The highest BCUT2D eigenvalue weighted by Gasteiger charge is 2.54. The number of fused-ring (bicyclic) bond motifs is 2. The first kappa shape index (κ1) is 25.7. The molecule has 0 amide bonds. The summed E-state index contributed by atoms with van der Waals surface area (Å²) < 4.78 is 22.6. The highest BCUT2D eigenvalue weighted by atomic mass is 16.6. The first-order valence-corrected chi connectivity index (χ1v) is 11.7. The molecule has 5 atom stereocenters. The number of carbonyl (C=O) groups excluding carboxylic acids is 4. The topological polar surface area (TPSA) is 105 Å². The van der Waals surface area contributed by atoms with Gasteiger partial charge in [0, 0.05) is 38.2 Å². The van der Waals surface area contributed by atoms with Crippen molar-refractivity contribution in [1.82, 2.24) is 0 Å². The molecule has 1 heterocycles. The van der Waals surface area contributed by atoms with Crippen LogP contribution < -0.4 is 0 Å². The molecule has 0 fully saturated rings. The van der Waals surface area contributed by atoms with E-state index in [1.807, 2.05) is 19.9 Å². The number of hydrogen-bond acceptors (Lipinski definition) is 8. The summed E-state index contributed by atoms with van der Waals surface area (Å²) in [6, 6.07) is 0. The Labute approximate surface area is 200 Å². The highest BCUT2D eigenvalue weighted by Crippen LogP contribution is 2.52. The lowest BCUT2D eigenvalue weighted by atomic mass is 9.59. The fourth-order valence-corrected chi connectivity index (χ4v) is 5.46. The van der Waals surface area contributed by atoms with Crippen molar-refractivity contribution in [3.05, 3.63) is 34.4 Å². The Morgan fingerprint density at radius 1 is 1.06 bits per heavy atom. The van der Waals surface area contributed by atoms with Gasteiger partial charge in [-0.05, 0) is 56.3 Å². The number of allylic oxidation sites excluding steroid dienone is 1. The molecule has 0 saturated heterocycles. The summed E-state index contributed by atoms with van der Waals surface area (Å²) in [5.41, 5.74) is 2.49. The zero-order valence-corrected chi connectivity index (χ0v) is 20.8. The average Bonchev–Trinajstić information content (AvgIpc) is 3.00. The van der Waals surface area contributed by atoms with Crippen molar-refractivity contribution in [3.63, 3.8) is 0 Å². The summed E-state index contributed by atoms with van der Waals surface area (Å²) in [4.78, 5) is 48.1. The molecule has 1 aliphatic heterocycles. The van der Waals surface area contributed by atoms with Crippen LogP contribution in [0.15, 0.2) is 34.4 Å². The second-order valence-electron chi connectivity index (χ2n) is 9.62. The second kappa shape index (κ2) is 10.2. The Morgan fingerprint density at radius 2 is 1.71 bits per heavy atom. The van der Waals surface area contributed by atoms with E-state index in [2.05, 4.69) is 6.08 Å². The number of esters is 4. The Balaban J connectivity index is 2.15. The second-order valence-corrected chi connectivity index (χ2v) is 9.62. The molecular weight excluding hydrogens is 440 g/mol. The maximum absolute atomic E-state index is 12.5. The lowest BCUT2D eigenvalue weighted by molar-refractivity contribution is -0.178. The Hall–Kier alpha value is -2.90. The van der Waals surface area contributed by atoms with E-state index in [1.54, 1.807) is 6.92 Å². The molecule has 0 bridgehead atoms. The van der Waals surface area contributed by atoms with Crippen LogP contribution in [-0.2, 0) is 38.1 Å². The van der Waals surface area contributed by atoms with Crippen LogP contribution in [0.1, 0.15) is 67.2 Å². The van der Waals surface area contributed by atoms with Crippen molar-refractivity contribution in [3.8, 4) is 0 Å². The van der Waals surface area contributed by atoms with Gasteiger partial charge < -0.3 is 18.9 Å². The van der Waals surface area contributed by atoms with E-state index in [9.17, 15) is 19.2 Å². The van der Waals surface area contributed by atoms with Gasteiger partial charge in [0.15, 0.2) is 0 Å². The van der Waals surface area contributed by atoms with Crippen LogP contribution in [0, 0.1) is 11.3 Å². The van der Waals surface area contributed by atoms with Crippen molar-refractivity contribution < 1.29 is 38.1 Å². The van der Waals surface area contributed by atoms with Gasteiger partial charge in [0.05, 0.1) is 0 Å². The van der Waals surface area contributed by atoms with Crippen LogP contribution in [-0.4, -0.2) is 48.8 Å². The maximum atomic E-state index is 12.5. The van der Waals surface area contributed by atoms with E-state index in [4.69, 9.17) is 18.9 Å². The zero-order valence-electron chi connectivity index (χ0n) is 20.8. The van der Waals surface area contributed by atoms with Crippen LogP contribution in [0.4, 0.5) is 0 Å². The molecule has 186 valence electrons. The maximum Gasteiger partial charge on any atom is 0.334 e. The first-order chi connectivity index (χ1) is 15.9. The number of carbonyl (C=O) groups is 4. The van der Waals surface area contributed by atoms with Gasteiger partial charge in [-0.1, -0.05) is 18.6 Å². The van der Waals surface area contributed by atoms with Gasteiger partial charge in [0.25, 0.3) is 0 Å². The van der Waals surface area contributed by atoms with Crippen molar-refractivity contribution in [1.29, 1.82) is 0 Å². The molecule has 0 unspecified atom stereocenters. The van der Waals surface area contributed by atoms with Crippen molar-refractivity contribution in [2.45, 2.75) is 85.5 Å². The summed E-state index contributed by atoms with van der Waals surface area (Å²) in [5.74, 6) is -1.77. The predicted octanol–water partition coefficient (Wildman–Crippen LogP) is 3.74. The Bertz CT molecular complexity index is 971. The summed E-state index contributed by atoms with van der Waals surface area (Å²) in [6.07, 6.45) is 4.12. The highest BCUT2D eigenvalue weighted by molar-refractivity contribution is 5.92. The first-order valence-electron chi connectivity index (χ1n) is 11.7. The van der Waals surface area contributed by atoms with Crippen LogP contribution in [0.25, 0.3) is 0 Å². The van der Waals surface area contributed by atoms with Gasteiger partial charge in [0.2, 0.25) is 0 Å². The van der Waals surface area contributed by atoms with E-state index >= 15 is 0 Å². The van der Waals surface area contributed by atoms with Gasteiger partial charge in [0.1, 0.15) is 24.9 Å². The monoisotopic (exact) mass is 474 g/mol. The molecule has 0 spiro atoms. The molecule has 3 rings (SSSR count). The van der Waals surface area contributed by atoms with E-state index in [0.29, 0.717) is 31.3 Å². The van der Waals surface area contributed by atoms with Gasteiger partial charge >= 0.3 is 23.9 Å². The molecule has 8 nitrogen and oxygen atoms in total. The lowest BCUT2D eigenvalue weighted by Crippen LogP contribution is -2.54. The normalized spacial score (nSPS) is 32.8. The quantitative estimate of drug-likeness (QED) is 0.345. The molecule has 0 aromatic rings. The van der Waals surface area contributed by atoms with Crippen LogP contribution in [0.5, 0.6) is 0 Å². The zero-order chi connectivity index (χ0) is 25.2. The molecule has 3 aliphatic rings. The molecule has 0 radical (unpaired) electrons. The molecule has 8 heteroatoms. The minimum atomic E-state index is -0.747. The standard InChI is InChI=1S/C26H34O8/c1-14-7-9-23(32-17(4)28)26(6)21(14)12-20-15(2)25(30)34-22(20)11-19(13-31-16(3)27)8-10-24(26)33-18(5)29/h7,11,21-24H,8-10,12-13H2,1-6H3/b19-11+/t21-,22-,23-,24-,26+/m0/s1. The fraction of sp³-hybridized carbons (Fsp3) is 0.615. The number of ether oxygens (including phenoxy) is 4. The fourth-order valence-electron chi connectivity index (χ4n) is 5.46. The van der Waals surface area contributed by atoms with Crippen LogP contribution in [0.3, 0.4) is 0 Å². The SMILES string of the molecule is CC(=O)OC/C1=C/[C@@H]2OC(=O)C(C)=C2C[C@H]2C(C)=CC[C@H](OC(C)=O)[C@]2(C)[C@@H](OC(C)=O)CC1. The molecule has 0 saturated carbocycles. The van der Waals surface area contributed by atoms with Gasteiger partial charge in [-0.15, -0.1) is 0 Å². The minimum Gasteiger partial charge on any atom is -0.462 e. The summed E-state index contributed by atoms with van der Waals surface area (Å²) in [5, 5.41) is 0. The molecule has 2 aliphatic carbocycles. The van der Waals surface area contributed by atoms with Crippen molar-refractivity contribution in [2.75, 3.05) is 6.61 Å². The molecule has 0 aromatic heterocycles. The largest absolute Gasteiger partial charge is 0.462 e. The van der Waals surface area contributed by atoms with Crippen LogP contribution in [0.2, 0.25) is 0 Å². The smallest absolute Gasteiger partial charge is 0.334 e. The van der Waals surface area contributed by atoms with E-state index in [0.717, 1.165) is 16.7 Å². The van der Waals surface area contributed by atoms with Gasteiger partial charge in [-0.3, -0.25) is 14.4 Å².